The molecule has 21 heavy (non-hydrogen) atoms. The standard InChI is InChI=1S/C14H13Cl2N3O2/c1-18-12(20)7-10(14(18)21)19-9-4-2-3-8(16)13(9)17-11(19)5-6-15/h2-4,10H,5-7H2,1H3. The molecule has 0 aliphatic carbocycles. The van der Waals surface area contributed by atoms with Gasteiger partial charge in [0.15, 0.2) is 0 Å². The number of carbonyl (C=O) groups excluding carboxylic acids is 2. The van der Waals surface area contributed by atoms with Gasteiger partial charge in [-0.3, -0.25) is 14.5 Å². The molecule has 1 atom stereocenters. The van der Waals surface area contributed by atoms with E-state index < -0.39 is 6.04 Å². The van der Waals surface area contributed by atoms with Crippen LogP contribution in [0.15, 0.2) is 18.2 Å². The summed E-state index contributed by atoms with van der Waals surface area (Å²) in [6, 6.07) is 4.84. The van der Waals surface area contributed by atoms with E-state index in [0.29, 0.717) is 28.7 Å². The summed E-state index contributed by atoms with van der Waals surface area (Å²) in [5.74, 6) is 0.640. The van der Waals surface area contributed by atoms with Crippen LogP contribution < -0.4 is 0 Å². The third-order valence-electron chi connectivity index (χ3n) is 3.73. The number of carbonyl (C=O) groups is 2. The number of benzene rings is 1. The first-order valence-corrected chi connectivity index (χ1v) is 7.47. The van der Waals surface area contributed by atoms with Crippen molar-refractivity contribution in [1.82, 2.24) is 14.5 Å². The number of imidazole rings is 1. The highest BCUT2D eigenvalue weighted by molar-refractivity contribution is 6.35. The first kappa shape index (κ1) is 14.4. The van der Waals surface area contributed by atoms with Crippen molar-refractivity contribution in [2.45, 2.75) is 18.9 Å². The number of fused-ring (bicyclic) bond motifs is 1. The molecular formula is C14H13Cl2N3O2. The quantitative estimate of drug-likeness (QED) is 0.643. The lowest BCUT2D eigenvalue weighted by molar-refractivity contribution is -0.137. The Kier molecular flexibility index (Phi) is 3.63. The minimum absolute atomic E-state index is 0.141. The van der Waals surface area contributed by atoms with Crippen LogP contribution in [0, 0.1) is 0 Å². The van der Waals surface area contributed by atoms with Crippen LogP contribution in [0.4, 0.5) is 0 Å². The minimum Gasteiger partial charge on any atom is -0.315 e. The number of para-hydroxylation sites is 1. The molecule has 0 spiro atoms. The maximum absolute atomic E-state index is 12.3. The molecule has 1 aliphatic rings. The fourth-order valence-electron chi connectivity index (χ4n) is 2.68. The van der Waals surface area contributed by atoms with Crippen LogP contribution in [-0.2, 0) is 16.0 Å². The maximum atomic E-state index is 12.3. The Hall–Kier alpha value is -1.59. The van der Waals surface area contributed by atoms with Crippen molar-refractivity contribution in [2.24, 2.45) is 0 Å². The van der Waals surface area contributed by atoms with E-state index in [1.165, 1.54) is 7.05 Å². The molecule has 0 radical (unpaired) electrons. The van der Waals surface area contributed by atoms with E-state index in [1.54, 1.807) is 16.7 Å². The maximum Gasteiger partial charge on any atom is 0.252 e. The highest BCUT2D eigenvalue weighted by Gasteiger charge is 2.39. The summed E-state index contributed by atoms with van der Waals surface area (Å²) in [6.07, 6.45) is 0.650. The summed E-state index contributed by atoms with van der Waals surface area (Å²) < 4.78 is 1.80. The minimum atomic E-state index is -0.566. The second kappa shape index (κ2) is 5.31. The number of likely N-dealkylation sites (tertiary alicyclic amines) is 1. The molecule has 1 saturated heterocycles. The highest BCUT2D eigenvalue weighted by Crippen LogP contribution is 2.32. The van der Waals surface area contributed by atoms with Crippen molar-refractivity contribution in [2.75, 3.05) is 12.9 Å². The molecule has 1 aromatic carbocycles. The van der Waals surface area contributed by atoms with Crippen molar-refractivity contribution >= 4 is 46.0 Å². The van der Waals surface area contributed by atoms with Gasteiger partial charge in [0.05, 0.1) is 17.0 Å². The van der Waals surface area contributed by atoms with E-state index in [0.717, 1.165) is 10.4 Å². The van der Waals surface area contributed by atoms with E-state index >= 15 is 0 Å². The number of hydrogen-bond donors (Lipinski definition) is 0. The highest BCUT2D eigenvalue weighted by atomic mass is 35.5. The topological polar surface area (TPSA) is 55.2 Å². The van der Waals surface area contributed by atoms with Crippen LogP contribution in [0.25, 0.3) is 11.0 Å². The Morgan fingerprint density at radius 3 is 2.76 bits per heavy atom. The van der Waals surface area contributed by atoms with E-state index in [-0.39, 0.29) is 18.2 Å². The van der Waals surface area contributed by atoms with Crippen LogP contribution in [0.1, 0.15) is 18.3 Å². The lowest BCUT2D eigenvalue weighted by Gasteiger charge is -2.14. The van der Waals surface area contributed by atoms with Gasteiger partial charge < -0.3 is 4.57 Å². The van der Waals surface area contributed by atoms with Crippen molar-refractivity contribution in [3.63, 3.8) is 0 Å². The van der Waals surface area contributed by atoms with Gasteiger partial charge in [0.1, 0.15) is 17.4 Å². The summed E-state index contributed by atoms with van der Waals surface area (Å²) in [5.41, 5.74) is 1.39. The number of amides is 2. The first-order valence-electron chi connectivity index (χ1n) is 6.56. The molecule has 2 aromatic rings. The molecule has 3 rings (SSSR count). The summed E-state index contributed by atoms with van der Waals surface area (Å²) in [6.45, 7) is 0. The zero-order valence-electron chi connectivity index (χ0n) is 11.3. The molecular weight excluding hydrogens is 313 g/mol. The summed E-state index contributed by atoms with van der Waals surface area (Å²) >= 11 is 12.0. The average Bonchev–Trinajstić information content (AvgIpc) is 2.93. The molecule has 0 N–H and O–H groups in total. The summed E-state index contributed by atoms with van der Waals surface area (Å²) in [5, 5.41) is 0.521. The van der Waals surface area contributed by atoms with E-state index in [9.17, 15) is 9.59 Å². The van der Waals surface area contributed by atoms with Gasteiger partial charge in [0.25, 0.3) is 5.91 Å². The Balaban J connectivity index is 2.21. The molecule has 2 amide bonds. The van der Waals surface area contributed by atoms with Gasteiger partial charge in [-0.15, -0.1) is 11.6 Å². The summed E-state index contributed by atoms with van der Waals surface area (Å²) in [4.78, 5) is 29.7. The van der Waals surface area contributed by atoms with Gasteiger partial charge in [0, 0.05) is 19.3 Å². The molecule has 110 valence electrons. The number of imide groups is 1. The fraction of sp³-hybridized carbons (Fsp3) is 0.357. The largest absolute Gasteiger partial charge is 0.315 e. The average molecular weight is 326 g/mol. The van der Waals surface area contributed by atoms with Crippen molar-refractivity contribution < 1.29 is 9.59 Å². The van der Waals surface area contributed by atoms with Crippen LogP contribution in [0.2, 0.25) is 5.02 Å². The molecule has 0 saturated carbocycles. The number of halogens is 2. The lowest BCUT2D eigenvalue weighted by atomic mass is 10.2. The second-order valence-electron chi connectivity index (χ2n) is 4.96. The van der Waals surface area contributed by atoms with Gasteiger partial charge in [-0.05, 0) is 12.1 Å². The Labute approximate surface area is 131 Å². The van der Waals surface area contributed by atoms with Gasteiger partial charge in [-0.2, -0.15) is 0 Å². The molecule has 1 unspecified atom stereocenters. The van der Waals surface area contributed by atoms with Crippen LogP contribution in [0.5, 0.6) is 0 Å². The number of likely N-dealkylation sites (N-methyl/N-ethyl adjacent to an activating group) is 1. The van der Waals surface area contributed by atoms with Gasteiger partial charge in [-0.1, -0.05) is 17.7 Å². The van der Waals surface area contributed by atoms with E-state index in [4.69, 9.17) is 23.2 Å². The SMILES string of the molecule is CN1C(=O)CC(n2c(CCCl)nc3c(Cl)cccc32)C1=O. The normalized spacial score (nSPS) is 19.0. The zero-order valence-corrected chi connectivity index (χ0v) is 12.9. The number of aryl methyl sites for hydroxylation is 1. The Morgan fingerprint density at radius 1 is 1.38 bits per heavy atom. The molecule has 2 heterocycles. The third kappa shape index (κ3) is 2.21. The third-order valence-corrected chi connectivity index (χ3v) is 4.23. The van der Waals surface area contributed by atoms with Crippen molar-refractivity contribution in [3.05, 3.63) is 29.0 Å². The predicted molar refractivity (Wildman–Crippen MR) is 80.6 cm³/mol. The van der Waals surface area contributed by atoms with Crippen LogP contribution in [0.3, 0.4) is 0 Å². The van der Waals surface area contributed by atoms with Gasteiger partial charge in [-0.25, -0.2) is 4.98 Å². The van der Waals surface area contributed by atoms with Crippen molar-refractivity contribution in [1.29, 1.82) is 0 Å². The Bertz CT molecular complexity index is 741. The predicted octanol–water partition coefficient (Wildman–Crippen LogP) is 2.40. The number of hydrogen-bond acceptors (Lipinski definition) is 3. The van der Waals surface area contributed by atoms with Gasteiger partial charge in [0.2, 0.25) is 5.91 Å². The number of nitrogens with zero attached hydrogens (tertiary/aromatic N) is 3. The van der Waals surface area contributed by atoms with Crippen LogP contribution >= 0.6 is 23.2 Å². The molecule has 1 aliphatic heterocycles. The molecule has 5 nitrogen and oxygen atoms in total. The number of alkyl halides is 1. The lowest BCUT2D eigenvalue weighted by Crippen LogP contribution is -2.27. The van der Waals surface area contributed by atoms with Crippen LogP contribution in [-0.4, -0.2) is 39.2 Å². The molecule has 0 bridgehead atoms. The summed E-state index contributed by atoms with van der Waals surface area (Å²) in [7, 11) is 1.50. The van der Waals surface area contributed by atoms with Crippen molar-refractivity contribution in [3.8, 4) is 0 Å². The number of rotatable bonds is 3. The molecule has 1 fully saturated rings. The molecule has 7 heteroatoms. The first-order chi connectivity index (χ1) is 10.0. The fourth-order valence-corrected chi connectivity index (χ4v) is 3.06. The Morgan fingerprint density at radius 2 is 2.14 bits per heavy atom. The zero-order chi connectivity index (χ0) is 15.1. The monoisotopic (exact) mass is 325 g/mol. The number of aromatic nitrogens is 2. The van der Waals surface area contributed by atoms with E-state index in [1.807, 2.05) is 6.07 Å². The second-order valence-corrected chi connectivity index (χ2v) is 5.74. The molecule has 1 aromatic heterocycles. The van der Waals surface area contributed by atoms with Gasteiger partial charge >= 0.3 is 0 Å². The van der Waals surface area contributed by atoms with E-state index in [2.05, 4.69) is 4.98 Å². The smallest absolute Gasteiger partial charge is 0.252 e.